The van der Waals surface area contributed by atoms with Crippen LogP contribution in [0.25, 0.3) is 22.2 Å². The Balaban J connectivity index is 1.30. The van der Waals surface area contributed by atoms with Crippen molar-refractivity contribution in [3.63, 3.8) is 0 Å². The zero-order valence-electron chi connectivity index (χ0n) is 17.2. The Labute approximate surface area is 203 Å². The molecule has 0 aliphatic heterocycles. The maximum atomic E-state index is 5.50. The monoisotopic (exact) mass is 515 g/mol. The van der Waals surface area contributed by atoms with Gasteiger partial charge in [0.25, 0.3) is 0 Å². The van der Waals surface area contributed by atoms with E-state index >= 15 is 0 Å². The van der Waals surface area contributed by atoms with E-state index < -0.39 is 0 Å². The molecule has 162 valence electrons. The average Bonchev–Trinajstić information content (AvgIpc) is 3.23. The second-order valence-corrected chi connectivity index (χ2v) is 8.51. The number of benzene rings is 3. The SMILES string of the molecule is S=C(Nc1ccc(-c2ccccc2)nn1)Nc1ccccc1Nc1n[nH]c2ccc(Br)cc12. The molecular weight excluding hydrogens is 498 g/mol. The van der Waals surface area contributed by atoms with Gasteiger partial charge < -0.3 is 16.0 Å². The van der Waals surface area contributed by atoms with Crippen molar-refractivity contribution in [2.75, 3.05) is 16.0 Å². The third-order valence-corrected chi connectivity index (χ3v) is 5.63. The Morgan fingerprint density at radius 1 is 0.818 bits per heavy atom. The summed E-state index contributed by atoms with van der Waals surface area (Å²) in [7, 11) is 0. The molecule has 0 spiro atoms. The van der Waals surface area contributed by atoms with E-state index in [4.69, 9.17) is 12.2 Å². The first kappa shape index (κ1) is 21.0. The van der Waals surface area contributed by atoms with Crippen LogP contribution in [0.5, 0.6) is 0 Å². The largest absolute Gasteiger partial charge is 0.337 e. The third-order valence-electron chi connectivity index (χ3n) is 4.93. The zero-order chi connectivity index (χ0) is 22.6. The number of anilines is 4. The molecule has 2 heterocycles. The Morgan fingerprint density at radius 2 is 1.61 bits per heavy atom. The van der Waals surface area contributed by atoms with Crippen LogP contribution in [0.15, 0.2) is 89.4 Å². The maximum absolute atomic E-state index is 5.50. The smallest absolute Gasteiger partial charge is 0.176 e. The Kier molecular flexibility index (Phi) is 5.97. The summed E-state index contributed by atoms with van der Waals surface area (Å²) in [5.74, 6) is 1.28. The van der Waals surface area contributed by atoms with Crippen molar-refractivity contribution < 1.29 is 0 Å². The van der Waals surface area contributed by atoms with Crippen molar-refractivity contribution in [1.82, 2.24) is 20.4 Å². The number of nitrogens with zero attached hydrogens (tertiary/aromatic N) is 3. The number of hydrogen-bond acceptors (Lipinski definition) is 5. The summed E-state index contributed by atoms with van der Waals surface area (Å²) < 4.78 is 0.982. The fourth-order valence-electron chi connectivity index (χ4n) is 3.34. The molecule has 0 saturated heterocycles. The molecule has 5 rings (SSSR count). The van der Waals surface area contributed by atoms with E-state index in [0.29, 0.717) is 10.9 Å². The van der Waals surface area contributed by atoms with Crippen LogP contribution in [0.1, 0.15) is 0 Å². The van der Waals surface area contributed by atoms with Gasteiger partial charge in [0.2, 0.25) is 0 Å². The van der Waals surface area contributed by atoms with Crippen LogP contribution < -0.4 is 16.0 Å². The lowest BCUT2D eigenvalue weighted by molar-refractivity contribution is 1.05. The van der Waals surface area contributed by atoms with Crippen molar-refractivity contribution >= 4 is 67.2 Å². The lowest BCUT2D eigenvalue weighted by Crippen LogP contribution is -2.20. The molecular formula is C24H18BrN7S. The van der Waals surface area contributed by atoms with Gasteiger partial charge in [-0.15, -0.1) is 10.2 Å². The van der Waals surface area contributed by atoms with E-state index in [9.17, 15) is 0 Å². The minimum Gasteiger partial charge on any atom is -0.337 e. The quantitative estimate of drug-likeness (QED) is 0.203. The molecule has 5 aromatic rings. The molecule has 0 aliphatic carbocycles. The Bertz CT molecular complexity index is 1420. The first-order valence-corrected chi connectivity index (χ1v) is 11.3. The maximum Gasteiger partial charge on any atom is 0.176 e. The van der Waals surface area contributed by atoms with Crippen molar-refractivity contribution in [2.24, 2.45) is 0 Å². The van der Waals surface area contributed by atoms with E-state index in [1.165, 1.54) is 0 Å². The molecule has 7 nitrogen and oxygen atoms in total. The topological polar surface area (TPSA) is 90.6 Å². The number of hydrogen-bond donors (Lipinski definition) is 4. The number of rotatable bonds is 5. The van der Waals surface area contributed by atoms with Crippen molar-refractivity contribution in [3.05, 3.63) is 89.4 Å². The second kappa shape index (κ2) is 9.35. The number of halogens is 1. The van der Waals surface area contributed by atoms with Crippen LogP contribution in [-0.4, -0.2) is 25.5 Å². The summed E-state index contributed by atoms with van der Waals surface area (Å²) in [4.78, 5) is 0. The number of aromatic amines is 1. The third kappa shape index (κ3) is 4.84. The zero-order valence-corrected chi connectivity index (χ0v) is 19.6. The van der Waals surface area contributed by atoms with E-state index in [2.05, 4.69) is 52.3 Å². The van der Waals surface area contributed by atoms with E-state index in [1.807, 2.05) is 84.9 Å². The highest BCUT2D eigenvalue weighted by molar-refractivity contribution is 9.10. The molecule has 0 atom stereocenters. The van der Waals surface area contributed by atoms with Gasteiger partial charge in [-0.05, 0) is 54.7 Å². The Hall–Kier alpha value is -3.82. The van der Waals surface area contributed by atoms with Gasteiger partial charge in [0, 0.05) is 15.4 Å². The molecule has 0 radical (unpaired) electrons. The van der Waals surface area contributed by atoms with Crippen LogP contribution in [0, 0.1) is 0 Å². The van der Waals surface area contributed by atoms with Crippen LogP contribution in [-0.2, 0) is 0 Å². The summed E-state index contributed by atoms with van der Waals surface area (Å²) in [5, 5.41) is 27.0. The minimum absolute atomic E-state index is 0.403. The number of para-hydroxylation sites is 2. The molecule has 0 fully saturated rings. The van der Waals surface area contributed by atoms with Gasteiger partial charge in [-0.1, -0.05) is 58.4 Å². The summed E-state index contributed by atoms with van der Waals surface area (Å²) in [5.41, 5.74) is 4.39. The highest BCUT2D eigenvalue weighted by Gasteiger charge is 2.10. The van der Waals surface area contributed by atoms with E-state index in [-0.39, 0.29) is 0 Å². The van der Waals surface area contributed by atoms with Crippen molar-refractivity contribution in [3.8, 4) is 11.3 Å². The highest BCUT2D eigenvalue weighted by Crippen LogP contribution is 2.30. The van der Waals surface area contributed by atoms with Crippen LogP contribution in [0.4, 0.5) is 23.0 Å². The number of nitrogens with one attached hydrogen (secondary N) is 4. The van der Waals surface area contributed by atoms with Crippen molar-refractivity contribution in [2.45, 2.75) is 0 Å². The normalized spacial score (nSPS) is 10.7. The molecule has 0 unspecified atom stereocenters. The van der Waals surface area contributed by atoms with Gasteiger partial charge >= 0.3 is 0 Å². The fourth-order valence-corrected chi connectivity index (χ4v) is 3.92. The standard InChI is InChI=1S/C24H18BrN7S/c25-16-10-11-19-17(14-16)23(32-30-19)26-20-8-4-5-9-21(20)27-24(33)28-22-13-12-18(29-31-22)15-6-2-1-3-7-15/h1-14H,(H2,26,30,32)(H2,27,28,31,33). The number of H-pyrrole nitrogens is 1. The van der Waals surface area contributed by atoms with E-state index in [0.717, 1.165) is 43.8 Å². The first-order chi connectivity index (χ1) is 16.2. The van der Waals surface area contributed by atoms with Crippen LogP contribution >= 0.6 is 28.1 Å². The molecule has 9 heteroatoms. The molecule has 3 aromatic carbocycles. The molecule has 0 amide bonds. The number of thiocarbonyl (C=S) groups is 1. The lowest BCUT2D eigenvalue weighted by Gasteiger charge is -2.14. The molecule has 4 N–H and O–H groups in total. The second-order valence-electron chi connectivity index (χ2n) is 7.18. The number of fused-ring (bicyclic) bond motifs is 1. The molecule has 0 bridgehead atoms. The van der Waals surface area contributed by atoms with Gasteiger partial charge in [-0.2, -0.15) is 5.10 Å². The highest BCUT2D eigenvalue weighted by atomic mass is 79.9. The predicted octanol–water partition coefficient (Wildman–Crippen LogP) is 6.33. The van der Waals surface area contributed by atoms with Gasteiger partial charge in [-0.3, -0.25) is 5.10 Å². The van der Waals surface area contributed by atoms with E-state index in [1.54, 1.807) is 0 Å². The molecule has 33 heavy (non-hydrogen) atoms. The summed E-state index contributed by atoms with van der Waals surface area (Å²) >= 11 is 9.02. The van der Waals surface area contributed by atoms with Crippen LogP contribution in [0.3, 0.4) is 0 Å². The predicted molar refractivity (Wildman–Crippen MR) is 141 cm³/mol. The molecule has 2 aromatic heterocycles. The summed E-state index contributed by atoms with van der Waals surface area (Å²) in [6.45, 7) is 0. The van der Waals surface area contributed by atoms with Gasteiger partial charge in [0.05, 0.1) is 22.6 Å². The summed E-state index contributed by atoms with van der Waals surface area (Å²) in [6.07, 6.45) is 0. The average molecular weight is 516 g/mol. The van der Waals surface area contributed by atoms with Crippen molar-refractivity contribution in [1.29, 1.82) is 0 Å². The van der Waals surface area contributed by atoms with Gasteiger partial charge in [0.15, 0.2) is 16.7 Å². The molecule has 0 aliphatic rings. The minimum atomic E-state index is 0.403. The molecule has 0 saturated carbocycles. The fraction of sp³-hybridized carbons (Fsp3) is 0. The summed E-state index contributed by atoms with van der Waals surface area (Å²) in [6, 6.07) is 27.4. The van der Waals surface area contributed by atoms with Gasteiger partial charge in [-0.25, -0.2) is 0 Å². The number of aromatic nitrogens is 4. The lowest BCUT2D eigenvalue weighted by atomic mass is 10.1. The first-order valence-electron chi connectivity index (χ1n) is 10.1. The van der Waals surface area contributed by atoms with Crippen LogP contribution in [0.2, 0.25) is 0 Å². The Morgan fingerprint density at radius 3 is 2.39 bits per heavy atom. The van der Waals surface area contributed by atoms with Gasteiger partial charge in [0.1, 0.15) is 0 Å².